The van der Waals surface area contributed by atoms with Gasteiger partial charge >= 0.3 is 0 Å². The molecule has 0 aliphatic rings. The zero-order chi connectivity index (χ0) is 7.23. The zero-order valence-corrected chi connectivity index (χ0v) is 8.04. The van der Waals surface area contributed by atoms with Gasteiger partial charge in [0, 0.05) is 6.54 Å². The van der Waals surface area contributed by atoms with Gasteiger partial charge in [-0.25, -0.2) is 0 Å². The molecule has 3 heteroatoms. The molecule has 0 spiro atoms. The number of hydrogen-bond donors (Lipinski definition) is 1. The fourth-order valence-corrected chi connectivity index (χ4v) is 1.06. The Kier molecular flexibility index (Phi) is 6.42. The second-order valence-corrected chi connectivity index (χ2v) is 2.71. The Morgan fingerprint density at radius 2 is 1.91 bits per heavy atom. The highest BCUT2D eigenvalue weighted by Gasteiger charge is 1.86. The summed E-state index contributed by atoms with van der Waals surface area (Å²) in [7, 11) is 0. The highest BCUT2D eigenvalue weighted by molar-refractivity contribution is 7.96. The summed E-state index contributed by atoms with van der Waals surface area (Å²) in [6.07, 6.45) is 2.03. The van der Waals surface area contributed by atoms with Gasteiger partial charge in [-0.3, -0.25) is 4.72 Å². The van der Waals surface area contributed by atoms with E-state index < -0.39 is 0 Å². The van der Waals surface area contributed by atoms with Crippen molar-refractivity contribution in [3.05, 3.63) is 35.9 Å². The van der Waals surface area contributed by atoms with Crippen molar-refractivity contribution in [1.82, 2.24) is 4.72 Å². The number of halogens is 1. The van der Waals surface area contributed by atoms with Crippen LogP contribution in [0.3, 0.4) is 0 Å². The molecule has 0 aromatic heterocycles. The van der Waals surface area contributed by atoms with E-state index in [2.05, 4.69) is 29.0 Å². The van der Waals surface area contributed by atoms with Gasteiger partial charge in [0.1, 0.15) is 0 Å². The van der Waals surface area contributed by atoms with Gasteiger partial charge in [0.15, 0.2) is 0 Å². The highest BCUT2D eigenvalue weighted by atomic mass is 35.5. The van der Waals surface area contributed by atoms with Crippen LogP contribution in [0.1, 0.15) is 5.56 Å². The predicted octanol–water partition coefficient (Wildman–Crippen LogP) is 2.48. The van der Waals surface area contributed by atoms with E-state index in [1.54, 1.807) is 11.9 Å². The van der Waals surface area contributed by atoms with Crippen molar-refractivity contribution in [1.29, 1.82) is 0 Å². The second-order valence-electron chi connectivity index (χ2n) is 2.01. The lowest BCUT2D eigenvalue weighted by atomic mass is 10.2. The molecule has 1 aromatic carbocycles. The first-order valence-electron chi connectivity index (χ1n) is 3.23. The van der Waals surface area contributed by atoms with E-state index in [4.69, 9.17) is 0 Å². The van der Waals surface area contributed by atoms with E-state index >= 15 is 0 Å². The van der Waals surface area contributed by atoms with Crippen LogP contribution >= 0.6 is 24.4 Å². The molecule has 0 fully saturated rings. The fraction of sp³-hybridized carbons (Fsp3) is 0.250. The van der Waals surface area contributed by atoms with E-state index in [9.17, 15) is 0 Å². The predicted molar refractivity (Wildman–Crippen MR) is 54.0 cm³/mol. The summed E-state index contributed by atoms with van der Waals surface area (Å²) in [5.41, 5.74) is 1.33. The second kappa shape index (κ2) is 6.53. The first-order valence-corrected chi connectivity index (χ1v) is 4.45. The van der Waals surface area contributed by atoms with Crippen LogP contribution in [0.4, 0.5) is 0 Å². The minimum Gasteiger partial charge on any atom is -0.260 e. The standard InChI is InChI=1S/C8H11NS.ClH/c1-10-9-7-8-5-3-2-4-6-8;/h2-6,9H,7H2,1H3;1H. The van der Waals surface area contributed by atoms with Gasteiger partial charge in [-0.15, -0.1) is 12.4 Å². The molecule has 1 nitrogen and oxygen atoms in total. The first kappa shape index (κ1) is 10.8. The molecule has 0 heterocycles. The molecule has 0 aliphatic heterocycles. The Hall–Kier alpha value is -0.180. The molecule has 1 N–H and O–H groups in total. The maximum atomic E-state index is 3.18. The van der Waals surface area contributed by atoms with Crippen LogP contribution < -0.4 is 4.72 Å². The Labute approximate surface area is 78.1 Å². The smallest absolute Gasteiger partial charge is 0.0309 e. The van der Waals surface area contributed by atoms with Gasteiger partial charge in [-0.2, -0.15) is 0 Å². The highest BCUT2D eigenvalue weighted by Crippen LogP contribution is 1.98. The van der Waals surface area contributed by atoms with E-state index in [0.717, 1.165) is 6.54 Å². The van der Waals surface area contributed by atoms with Crippen molar-refractivity contribution < 1.29 is 0 Å². The minimum atomic E-state index is 0. The van der Waals surface area contributed by atoms with E-state index in [1.165, 1.54) is 5.56 Å². The molecule has 1 rings (SSSR count). The molecule has 0 bridgehead atoms. The number of benzene rings is 1. The molecule has 0 saturated heterocycles. The third kappa shape index (κ3) is 4.30. The van der Waals surface area contributed by atoms with Gasteiger partial charge in [0.2, 0.25) is 0 Å². The quantitative estimate of drug-likeness (QED) is 0.734. The Bertz CT molecular complexity index is 179. The van der Waals surface area contributed by atoms with Crippen LogP contribution in [0.25, 0.3) is 0 Å². The average molecular weight is 190 g/mol. The summed E-state index contributed by atoms with van der Waals surface area (Å²) >= 11 is 1.65. The van der Waals surface area contributed by atoms with Gasteiger partial charge in [-0.05, 0) is 11.8 Å². The number of hydrogen-bond acceptors (Lipinski definition) is 2. The summed E-state index contributed by atoms with van der Waals surface area (Å²) in [5.74, 6) is 0. The molecule has 0 saturated carbocycles. The van der Waals surface area contributed by atoms with Crippen molar-refractivity contribution in [3.8, 4) is 0 Å². The van der Waals surface area contributed by atoms with Gasteiger partial charge in [0.25, 0.3) is 0 Å². The van der Waals surface area contributed by atoms with Crippen LogP contribution in [-0.4, -0.2) is 6.26 Å². The monoisotopic (exact) mass is 189 g/mol. The molecule has 0 radical (unpaired) electrons. The number of rotatable bonds is 3. The molecule has 11 heavy (non-hydrogen) atoms. The maximum absolute atomic E-state index is 3.18. The molecule has 62 valence electrons. The van der Waals surface area contributed by atoms with Crippen molar-refractivity contribution in [2.45, 2.75) is 6.54 Å². The minimum absolute atomic E-state index is 0. The molecule has 0 unspecified atom stereocenters. The van der Waals surface area contributed by atoms with Crippen molar-refractivity contribution in [2.75, 3.05) is 6.26 Å². The zero-order valence-electron chi connectivity index (χ0n) is 6.41. The van der Waals surface area contributed by atoms with Crippen molar-refractivity contribution in [3.63, 3.8) is 0 Å². The van der Waals surface area contributed by atoms with Crippen LogP contribution in [-0.2, 0) is 6.54 Å². The molecular weight excluding hydrogens is 178 g/mol. The van der Waals surface area contributed by atoms with E-state index in [-0.39, 0.29) is 12.4 Å². The van der Waals surface area contributed by atoms with Crippen LogP contribution in [0, 0.1) is 0 Å². The van der Waals surface area contributed by atoms with Gasteiger partial charge in [-0.1, -0.05) is 42.3 Å². The molecule has 0 amide bonds. The van der Waals surface area contributed by atoms with Gasteiger partial charge in [0.05, 0.1) is 0 Å². The molecule has 0 atom stereocenters. The topological polar surface area (TPSA) is 12.0 Å². The summed E-state index contributed by atoms with van der Waals surface area (Å²) in [6.45, 7) is 0.946. The van der Waals surface area contributed by atoms with Crippen LogP contribution in [0.15, 0.2) is 30.3 Å². The lowest BCUT2D eigenvalue weighted by molar-refractivity contribution is 0.980. The lowest BCUT2D eigenvalue weighted by Crippen LogP contribution is -2.00. The summed E-state index contributed by atoms with van der Waals surface area (Å²) < 4.78 is 3.18. The van der Waals surface area contributed by atoms with Gasteiger partial charge < -0.3 is 0 Å². The maximum Gasteiger partial charge on any atom is 0.0309 e. The first-order chi connectivity index (χ1) is 4.93. The molecular formula is C8H12ClNS. The third-order valence-corrected chi connectivity index (χ3v) is 1.70. The Balaban J connectivity index is 0.000001000. The molecule has 1 aromatic rings. The third-order valence-electron chi connectivity index (χ3n) is 1.26. The largest absolute Gasteiger partial charge is 0.260 e. The molecule has 0 aliphatic carbocycles. The Morgan fingerprint density at radius 3 is 2.45 bits per heavy atom. The van der Waals surface area contributed by atoms with E-state index in [0.29, 0.717) is 0 Å². The lowest BCUT2D eigenvalue weighted by Gasteiger charge is -1.98. The summed E-state index contributed by atoms with van der Waals surface area (Å²) in [6, 6.07) is 10.4. The summed E-state index contributed by atoms with van der Waals surface area (Å²) in [4.78, 5) is 0. The van der Waals surface area contributed by atoms with E-state index in [1.807, 2.05) is 12.3 Å². The normalized spacial score (nSPS) is 8.82. The fourth-order valence-electron chi connectivity index (χ4n) is 0.751. The van der Waals surface area contributed by atoms with Crippen LogP contribution in [0.2, 0.25) is 0 Å². The average Bonchev–Trinajstić information content (AvgIpc) is 2.03. The Morgan fingerprint density at radius 1 is 1.27 bits per heavy atom. The van der Waals surface area contributed by atoms with Crippen LogP contribution in [0.5, 0.6) is 0 Å². The SMILES string of the molecule is CSNCc1ccccc1.Cl. The van der Waals surface area contributed by atoms with Crippen molar-refractivity contribution in [2.24, 2.45) is 0 Å². The van der Waals surface area contributed by atoms with Crippen molar-refractivity contribution >= 4 is 24.4 Å². The number of nitrogens with one attached hydrogen (secondary N) is 1. The summed E-state index contributed by atoms with van der Waals surface area (Å²) in [5, 5.41) is 0.